The van der Waals surface area contributed by atoms with Gasteiger partial charge in [-0.15, -0.1) is 0 Å². The summed E-state index contributed by atoms with van der Waals surface area (Å²) in [5, 5.41) is 3.82. The molecule has 3 aromatic carbocycles. The summed E-state index contributed by atoms with van der Waals surface area (Å²) in [4.78, 5) is 12.6. The quantitative estimate of drug-likeness (QED) is 0.358. The van der Waals surface area contributed by atoms with Crippen LogP contribution in [0, 0.1) is 6.92 Å². The van der Waals surface area contributed by atoms with E-state index in [1.165, 1.54) is 0 Å². The van der Waals surface area contributed by atoms with E-state index in [2.05, 4.69) is 5.32 Å². The van der Waals surface area contributed by atoms with Crippen LogP contribution >= 0.6 is 0 Å². The lowest BCUT2D eigenvalue weighted by Crippen LogP contribution is -2.08. The van der Waals surface area contributed by atoms with E-state index in [1.807, 2.05) is 74.5 Å². The minimum Gasteiger partial charge on any atom is -0.496 e. The maximum absolute atomic E-state index is 12.6. The number of anilines is 1. The lowest BCUT2D eigenvalue weighted by Gasteiger charge is -2.14. The van der Waals surface area contributed by atoms with Gasteiger partial charge in [-0.2, -0.15) is 0 Å². The number of fused-ring (bicyclic) bond motifs is 1. The van der Waals surface area contributed by atoms with Gasteiger partial charge in [-0.25, -0.2) is 0 Å². The SMILES string of the molecule is COc1ccccc1-c1coc2c(C)c(OC)c(/C(C)=C/C(=O)Nc3ccccc3)cc12. The van der Waals surface area contributed by atoms with Gasteiger partial charge in [-0.3, -0.25) is 4.79 Å². The van der Waals surface area contributed by atoms with Gasteiger partial charge in [0.05, 0.1) is 20.5 Å². The summed E-state index contributed by atoms with van der Waals surface area (Å²) in [6.45, 7) is 3.86. The van der Waals surface area contributed by atoms with Crippen LogP contribution in [0.5, 0.6) is 11.5 Å². The highest BCUT2D eigenvalue weighted by Crippen LogP contribution is 2.42. The molecule has 1 amide bonds. The van der Waals surface area contributed by atoms with E-state index in [9.17, 15) is 4.79 Å². The van der Waals surface area contributed by atoms with Crippen LogP contribution in [0.1, 0.15) is 18.1 Å². The highest BCUT2D eigenvalue weighted by Gasteiger charge is 2.20. The first-order chi connectivity index (χ1) is 15.5. The third kappa shape index (κ3) is 3.97. The maximum atomic E-state index is 12.6. The third-order valence-electron chi connectivity index (χ3n) is 5.46. The number of carbonyl (C=O) groups is 1. The van der Waals surface area contributed by atoms with Crippen molar-refractivity contribution in [2.75, 3.05) is 19.5 Å². The molecule has 0 saturated heterocycles. The first kappa shape index (κ1) is 21.2. The Labute approximate surface area is 187 Å². The van der Waals surface area contributed by atoms with Gasteiger partial charge in [0.25, 0.3) is 0 Å². The molecule has 0 radical (unpaired) electrons. The van der Waals surface area contributed by atoms with Gasteiger partial charge < -0.3 is 19.2 Å². The molecule has 1 heterocycles. The smallest absolute Gasteiger partial charge is 0.248 e. The summed E-state index contributed by atoms with van der Waals surface area (Å²) in [7, 11) is 3.28. The molecular weight excluding hydrogens is 402 g/mol. The summed E-state index contributed by atoms with van der Waals surface area (Å²) in [5.74, 6) is 1.24. The molecule has 0 aliphatic rings. The molecule has 162 valence electrons. The summed E-state index contributed by atoms with van der Waals surface area (Å²) in [6.07, 6.45) is 3.32. The third-order valence-corrected chi connectivity index (χ3v) is 5.46. The number of carbonyl (C=O) groups excluding carboxylic acids is 1. The molecule has 0 saturated carbocycles. The van der Waals surface area contributed by atoms with Gasteiger partial charge in [0.15, 0.2) is 0 Å². The van der Waals surface area contributed by atoms with Gasteiger partial charge in [0, 0.05) is 39.4 Å². The van der Waals surface area contributed by atoms with E-state index in [1.54, 1.807) is 26.6 Å². The number of ether oxygens (including phenoxy) is 2. The Kier molecular flexibility index (Phi) is 5.99. The average Bonchev–Trinajstić information content (AvgIpc) is 3.23. The van der Waals surface area contributed by atoms with E-state index in [4.69, 9.17) is 13.9 Å². The van der Waals surface area contributed by atoms with Gasteiger partial charge in [0.1, 0.15) is 17.1 Å². The number of allylic oxidation sites excluding steroid dienone is 1. The van der Waals surface area contributed by atoms with Crippen molar-refractivity contribution in [1.29, 1.82) is 0 Å². The average molecular weight is 428 g/mol. The van der Waals surface area contributed by atoms with Crippen LogP contribution in [0.25, 0.3) is 27.7 Å². The van der Waals surface area contributed by atoms with Crippen molar-refractivity contribution in [3.63, 3.8) is 0 Å². The van der Waals surface area contributed by atoms with Gasteiger partial charge >= 0.3 is 0 Å². The zero-order chi connectivity index (χ0) is 22.7. The number of nitrogens with one attached hydrogen (secondary N) is 1. The maximum Gasteiger partial charge on any atom is 0.248 e. The summed E-state index contributed by atoms with van der Waals surface area (Å²) in [5.41, 5.74) is 5.84. The molecule has 0 fully saturated rings. The van der Waals surface area contributed by atoms with Crippen LogP contribution in [0.3, 0.4) is 0 Å². The Bertz CT molecular complexity index is 1300. The monoisotopic (exact) mass is 427 g/mol. The Morgan fingerprint density at radius 2 is 1.69 bits per heavy atom. The van der Waals surface area contributed by atoms with Gasteiger partial charge in [-0.05, 0) is 43.7 Å². The van der Waals surface area contributed by atoms with Crippen LogP contribution in [-0.2, 0) is 4.79 Å². The predicted molar refractivity (Wildman–Crippen MR) is 128 cm³/mol. The first-order valence-corrected chi connectivity index (χ1v) is 10.3. The summed E-state index contributed by atoms with van der Waals surface area (Å²) in [6, 6.07) is 19.2. The zero-order valence-electron chi connectivity index (χ0n) is 18.6. The highest BCUT2D eigenvalue weighted by atomic mass is 16.5. The van der Waals surface area contributed by atoms with E-state index in [-0.39, 0.29) is 5.91 Å². The lowest BCUT2D eigenvalue weighted by molar-refractivity contribution is -0.111. The van der Waals surface area contributed by atoms with Crippen molar-refractivity contribution in [2.45, 2.75) is 13.8 Å². The first-order valence-electron chi connectivity index (χ1n) is 10.3. The van der Waals surface area contributed by atoms with Crippen LogP contribution < -0.4 is 14.8 Å². The second-order valence-electron chi connectivity index (χ2n) is 7.49. The molecule has 5 heteroatoms. The van der Waals surface area contributed by atoms with E-state index in [0.29, 0.717) is 5.75 Å². The molecule has 0 bridgehead atoms. The number of rotatable bonds is 6. The molecule has 1 N–H and O–H groups in total. The number of benzene rings is 3. The predicted octanol–water partition coefficient (Wildman–Crippen LogP) is 6.47. The molecule has 0 aliphatic heterocycles. The number of hydrogen-bond donors (Lipinski definition) is 1. The molecule has 4 aromatic rings. The molecule has 0 unspecified atom stereocenters. The Morgan fingerprint density at radius 1 is 0.969 bits per heavy atom. The fourth-order valence-electron chi connectivity index (χ4n) is 3.92. The zero-order valence-corrected chi connectivity index (χ0v) is 18.6. The standard InChI is InChI=1S/C27H25NO4/c1-17(14-25(29)28-19-10-6-5-7-11-19)21-15-22-23(20-12-8-9-13-24(20)30-3)16-32-27(22)18(2)26(21)31-4/h5-16H,1-4H3,(H,28,29)/b17-14+. The van der Waals surface area contributed by atoms with Crippen molar-refractivity contribution in [1.82, 2.24) is 0 Å². The topological polar surface area (TPSA) is 60.7 Å². The largest absolute Gasteiger partial charge is 0.496 e. The number of aryl methyl sites for hydroxylation is 1. The van der Waals surface area contributed by atoms with Crippen LogP contribution in [0.2, 0.25) is 0 Å². The molecule has 0 atom stereocenters. The van der Waals surface area contributed by atoms with E-state index in [0.717, 1.165) is 50.2 Å². The second-order valence-corrected chi connectivity index (χ2v) is 7.49. The summed E-state index contributed by atoms with van der Waals surface area (Å²) >= 11 is 0. The fraction of sp³-hybridized carbons (Fsp3) is 0.148. The van der Waals surface area contributed by atoms with Crippen LogP contribution in [0.4, 0.5) is 5.69 Å². The number of para-hydroxylation sites is 2. The van der Waals surface area contributed by atoms with Crippen LogP contribution in [-0.4, -0.2) is 20.1 Å². The minimum absolute atomic E-state index is 0.203. The second kappa shape index (κ2) is 9.02. The van der Waals surface area contributed by atoms with Gasteiger partial charge in [-0.1, -0.05) is 36.4 Å². The Balaban J connectivity index is 1.81. The number of amides is 1. The van der Waals surface area contributed by atoms with E-state index >= 15 is 0 Å². The molecule has 5 nitrogen and oxygen atoms in total. The van der Waals surface area contributed by atoms with Crippen molar-refractivity contribution in [3.8, 4) is 22.6 Å². The van der Waals surface area contributed by atoms with Crippen LogP contribution in [0.15, 0.2) is 77.4 Å². The van der Waals surface area contributed by atoms with E-state index < -0.39 is 0 Å². The number of furan rings is 1. The Hall–Kier alpha value is -3.99. The molecule has 4 rings (SSSR count). The van der Waals surface area contributed by atoms with Crippen molar-refractivity contribution in [3.05, 3.63) is 84.1 Å². The molecule has 0 aliphatic carbocycles. The van der Waals surface area contributed by atoms with Crippen molar-refractivity contribution < 1.29 is 18.7 Å². The normalized spacial score (nSPS) is 11.4. The lowest BCUT2D eigenvalue weighted by atomic mass is 9.96. The fourth-order valence-corrected chi connectivity index (χ4v) is 3.92. The highest BCUT2D eigenvalue weighted by molar-refractivity contribution is 6.06. The summed E-state index contributed by atoms with van der Waals surface area (Å²) < 4.78 is 17.2. The number of methoxy groups -OCH3 is 2. The molecule has 1 aromatic heterocycles. The minimum atomic E-state index is -0.203. The van der Waals surface area contributed by atoms with Crippen molar-refractivity contribution in [2.24, 2.45) is 0 Å². The van der Waals surface area contributed by atoms with Crippen molar-refractivity contribution >= 4 is 28.1 Å². The molecular formula is C27H25NO4. The number of hydrogen-bond acceptors (Lipinski definition) is 4. The Morgan fingerprint density at radius 3 is 2.41 bits per heavy atom. The molecule has 0 spiro atoms. The van der Waals surface area contributed by atoms with Gasteiger partial charge in [0.2, 0.25) is 5.91 Å². The molecule has 32 heavy (non-hydrogen) atoms.